The predicted octanol–water partition coefficient (Wildman–Crippen LogP) is 5.84. The Morgan fingerprint density at radius 2 is 1.84 bits per heavy atom. The highest BCUT2D eigenvalue weighted by molar-refractivity contribution is 6.74. The molecule has 6 nitrogen and oxygen atoms in total. The van der Waals surface area contributed by atoms with Crippen molar-refractivity contribution in [3.05, 3.63) is 29.8 Å². The van der Waals surface area contributed by atoms with E-state index in [-0.39, 0.29) is 28.7 Å². The van der Waals surface area contributed by atoms with Crippen LogP contribution in [0.5, 0.6) is 5.75 Å². The van der Waals surface area contributed by atoms with Crippen LogP contribution in [-0.4, -0.2) is 44.9 Å². The minimum Gasteiger partial charge on any atom is -0.497 e. The van der Waals surface area contributed by atoms with Gasteiger partial charge in [-0.15, -0.1) is 16.8 Å². The Morgan fingerprint density at radius 1 is 1.22 bits per heavy atom. The first-order valence-corrected chi connectivity index (χ1v) is 14.5. The van der Waals surface area contributed by atoms with Gasteiger partial charge in [-0.25, -0.2) is 0 Å². The second-order valence-electron chi connectivity index (χ2n) is 9.84. The van der Waals surface area contributed by atoms with Crippen molar-refractivity contribution in [3.8, 4) is 5.75 Å². The Labute approximate surface area is 197 Å². The molecule has 178 valence electrons. The summed E-state index contributed by atoms with van der Waals surface area (Å²) in [5.74, 6) is -0.922. The van der Waals surface area contributed by atoms with Crippen molar-refractivity contribution < 1.29 is 23.6 Å². The van der Waals surface area contributed by atoms with Gasteiger partial charge in [-0.3, -0.25) is 9.59 Å². The summed E-state index contributed by atoms with van der Waals surface area (Å²) in [5, 5.41) is 4.21. The van der Waals surface area contributed by atoms with E-state index in [2.05, 4.69) is 39.0 Å². The molecular weight excluding hydrogens is 446 g/mol. The van der Waals surface area contributed by atoms with Gasteiger partial charge in [0.25, 0.3) is 8.32 Å². The number of benzene rings is 1. The minimum atomic E-state index is -2.04. The van der Waals surface area contributed by atoms with Crippen LogP contribution < -0.4 is 4.74 Å². The molecule has 1 fully saturated rings. The fraction of sp³-hybridized carbons (Fsp3) is 0.625. The molecule has 0 radical (unpaired) electrons. The van der Waals surface area contributed by atoms with Gasteiger partial charge in [-0.1, -0.05) is 20.8 Å². The van der Waals surface area contributed by atoms with Crippen LogP contribution >= 0.6 is 11.6 Å². The molecule has 0 amide bonds. The van der Waals surface area contributed by atoms with Gasteiger partial charge in [0, 0.05) is 5.56 Å². The monoisotopic (exact) mass is 481 g/mol. The number of rotatable bonds is 9. The molecule has 0 saturated heterocycles. The molecule has 0 spiro atoms. The lowest BCUT2D eigenvalue weighted by molar-refractivity contribution is -0.146. The lowest BCUT2D eigenvalue weighted by Gasteiger charge is -2.33. The number of esters is 1. The van der Waals surface area contributed by atoms with Gasteiger partial charge in [-0.2, -0.15) is 0 Å². The zero-order valence-electron chi connectivity index (χ0n) is 20.2. The molecule has 1 aromatic carbocycles. The van der Waals surface area contributed by atoms with E-state index in [0.717, 1.165) is 5.71 Å². The summed E-state index contributed by atoms with van der Waals surface area (Å²) in [7, 11) is -0.475. The lowest BCUT2D eigenvalue weighted by Crippen LogP contribution is -2.39. The summed E-state index contributed by atoms with van der Waals surface area (Å²) >= 11 is 6.56. The number of ketones is 1. The van der Waals surface area contributed by atoms with E-state index in [4.69, 9.17) is 25.6 Å². The highest BCUT2D eigenvalue weighted by Crippen LogP contribution is 2.38. The Balaban J connectivity index is 2.15. The van der Waals surface area contributed by atoms with Crippen molar-refractivity contribution >= 4 is 37.4 Å². The molecule has 32 heavy (non-hydrogen) atoms. The number of nitrogens with zero attached hydrogens (tertiary/aromatic N) is 1. The van der Waals surface area contributed by atoms with Gasteiger partial charge in [0.1, 0.15) is 11.7 Å². The fourth-order valence-corrected chi connectivity index (χ4v) is 4.36. The average molecular weight is 482 g/mol. The van der Waals surface area contributed by atoms with Crippen LogP contribution in [0.2, 0.25) is 18.1 Å². The summed E-state index contributed by atoms with van der Waals surface area (Å²) in [6.07, 6.45) is 1.62. The molecular formula is C24H36ClNO5Si. The normalized spacial score (nSPS) is 21.3. The SMILES string of the molecule is CCOC(=O)C(CC1C/C(=N\O[Si](C)(C)C(C)(C)C)C(Cl)C1)C(=O)c1ccc(OC)cc1. The number of carbonyl (C=O) groups excluding carboxylic acids is 2. The third kappa shape index (κ3) is 6.58. The van der Waals surface area contributed by atoms with Crippen molar-refractivity contribution in [1.29, 1.82) is 0 Å². The number of methoxy groups -OCH3 is 1. The van der Waals surface area contributed by atoms with E-state index in [1.807, 2.05) is 0 Å². The maximum Gasteiger partial charge on any atom is 0.316 e. The highest BCUT2D eigenvalue weighted by Gasteiger charge is 2.41. The first kappa shape index (κ1) is 26.4. The molecule has 1 aliphatic rings. The maximum atomic E-state index is 13.2. The van der Waals surface area contributed by atoms with E-state index in [0.29, 0.717) is 30.6 Å². The molecule has 1 aliphatic carbocycles. The van der Waals surface area contributed by atoms with E-state index < -0.39 is 20.2 Å². The molecule has 0 aliphatic heterocycles. The van der Waals surface area contributed by atoms with Crippen LogP contribution in [0.25, 0.3) is 0 Å². The molecule has 1 aromatic rings. The quantitative estimate of drug-likeness (QED) is 0.110. The standard InChI is InChI=1S/C24H36ClNO5Si/c1-8-30-23(28)19(22(27)17-9-11-18(29-5)12-10-17)13-16-14-20(25)21(15-16)26-31-32(6,7)24(2,3)4/h9-12,16,19-20H,8,13-15H2,1-7H3/b26-21+. The van der Waals surface area contributed by atoms with Gasteiger partial charge in [0.2, 0.25) is 0 Å². The molecule has 8 heteroatoms. The first-order valence-electron chi connectivity index (χ1n) is 11.1. The molecule has 0 aromatic heterocycles. The minimum absolute atomic E-state index is 0.0384. The van der Waals surface area contributed by atoms with Crippen molar-refractivity contribution in [3.63, 3.8) is 0 Å². The van der Waals surface area contributed by atoms with Crippen LogP contribution in [0.3, 0.4) is 0 Å². The number of ether oxygens (including phenoxy) is 2. The van der Waals surface area contributed by atoms with Gasteiger partial charge in [0.15, 0.2) is 5.78 Å². The van der Waals surface area contributed by atoms with Gasteiger partial charge < -0.3 is 14.0 Å². The molecule has 0 bridgehead atoms. The molecule has 0 heterocycles. The largest absolute Gasteiger partial charge is 0.497 e. The number of Topliss-reactive ketones (excluding diaryl/α,β-unsaturated/α-hetero) is 1. The van der Waals surface area contributed by atoms with E-state index in [9.17, 15) is 9.59 Å². The van der Waals surface area contributed by atoms with E-state index >= 15 is 0 Å². The van der Waals surface area contributed by atoms with Gasteiger partial charge in [-0.05, 0) is 74.5 Å². The predicted molar refractivity (Wildman–Crippen MR) is 130 cm³/mol. The second kappa shape index (κ2) is 10.8. The zero-order chi connectivity index (χ0) is 24.1. The number of oxime groups is 1. The number of hydrogen-bond acceptors (Lipinski definition) is 6. The smallest absolute Gasteiger partial charge is 0.316 e. The Morgan fingerprint density at radius 3 is 2.38 bits per heavy atom. The van der Waals surface area contributed by atoms with Gasteiger partial charge >= 0.3 is 5.97 Å². The van der Waals surface area contributed by atoms with E-state index in [1.54, 1.807) is 38.3 Å². The maximum absolute atomic E-state index is 13.2. The third-order valence-electron chi connectivity index (χ3n) is 6.43. The number of carbonyl (C=O) groups is 2. The summed E-state index contributed by atoms with van der Waals surface area (Å²) in [6, 6.07) is 6.77. The van der Waals surface area contributed by atoms with Crippen molar-refractivity contribution in [1.82, 2.24) is 0 Å². The van der Waals surface area contributed by atoms with Crippen molar-refractivity contribution in [2.24, 2.45) is 17.0 Å². The third-order valence-corrected chi connectivity index (χ3v) is 11.0. The average Bonchev–Trinajstić information content (AvgIpc) is 3.08. The van der Waals surface area contributed by atoms with Crippen LogP contribution in [-0.2, 0) is 14.1 Å². The highest BCUT2D eigenvalue weighted by atomic mass is 35.5. The fourth-order valence-electron chi connectivity index (χ4n) is 3.36. The Kier molecular flexibility index (Phi) is 8.94. The van der Waals surface area contributed by atoms with E-state index in [1.165, 1.54) is 0 Å². The second-order valence-corrected chi connectivity index (χ2v) is 15.1. The lowest BCUT2D eigenvalue weighted by atomic mass is 9.87. The summed E-state index contributed by atoms with van der Waals surface area (Å²) in [5.41, 5.74) is 1.25. The number of halogens is 1. The summed E-state index contributed by atoms with van der Waals surface area (Å²) < 4.78 is 16.4. The van der Waals surface area contributed by atoms with Crippen LogP contribution in [0, 0.1) is 11.8 Å². The van der Waals surface area contributed by atoms with Crippen LogP contribution in [0.4, 0.5) is 0 Å². The van der Waals surface area contributed by atoms with Crippen molar-refractivity contribution in [2.45, 2.75) is 70.5 Å². The van der Waals surface area contributed by atoms with Crippen LogP contribution in [0.15, 0.2) is 29.4 Å². The molecule has 0 N–H and O–H groups in total. The van der Waals surface area contributed by atoms with Crippen molar-refractivity contribution in [2.75, 3.05) is 13.7 Å². The zero-order valence-corrected chi connectivity index (χ0v) is 22.0. The Hall–Kier alpha value is -1.86. The molecule has 1 saturated carbocycles. The Bertz CT molecular complexity index is 832. The number of hydrogen-bond donors (Lipinski definition) is 0. The first-order chi connectivity index (χ1) is 14.9. The molecule has 2 rings (SSSR count). The van der Waals surface area contributed by atoms with Gasteiger partial charge in [0.05, 0.1) is 24.8 Å². The van der Waals surface area contributed by atoms with Crippen LogP contribution in [0.1, 0.15) is 57.3 Å². The molecule has 3 unspecified atom stereocenters. The summed E-state index contributed by atoms with van der Waals surface area (Å²) in [6.45, 7) is 12.7. The number of alkyl halides is 1. The molecule has 3 atom stereocenters. The summed E-state index contributed by atoms with van der Waals surface area (Å²) in [4.78, 5) is 25.8. The topological polar surface area (TPSA) is 74.2 Å².